The number of nitrogens with one attached hydrogen (secondary N) is 1. The molecule has 2 rings (SSSR count). The number of piperidine rings is 1. The van der Waals surface area contributed by atoms with Crippen molar-refractivity contribution < 1.29 is 4.42 Å². The SMILES string of the molecule is CCCNCc1oc(CN2CCC(CCC)CC2)cc1C. The summed E-state index contributed by atoms with van der Waals surface area (Å²) in [6, 6.07) is 2.22. The zero-order valence-corrected chi connectivity index (χ0v) is 14.1. The summed E-state index contributed by atoms with van der Waals surface area (Å²) in [7, 11) is 0. The van der Waals surface area contributed by atoms with Gasteiger partial charge in [0.15, 0.2) is 0 Å². The van der Waals surface area contributed by atoms with Crippen molar-refractivity contribution in [3.63, 3.8) is 0 Å². The zero-order chi connectivity index (χ0) is 15.1. The summed E-state index contributed by atoms with van der Waals surface area (Å²) in [4.78, 5) is 2.55. The van der Waals surface area contributed by atoms with E-state index >= 15 is 0 Å². The summed E-state index contributed by atoms with van der Waals surface area (Å²) in [5.41, 5.74) is 1.29. The summed E-state index contributed by atoms with van der Waals surface area (Å²) >= 11 is 0. The highest BCUT2D eigenvalue weighted by molar-refractivity contribution is 5.20. The molecule has 3 heteroatoms. The van der Waals surface area contributed by atoms with E-state index in [1.165, 1.54) is 50.8 Å². The van der Waals surface area contributed by atoms with Gasteiger partial charge < -0.3 is 9.73 Å². The molecule has 0 spiro atoms. The highest BCUT2D eigenvalue weighted by atomic mass is 16.3. The molecule has 1 fully saturated rings. The first kappa shape index (κ1) is 16.6. The van der Waals surface area contributed by atoms with Gasteiger partial charge in [-0.2, -0.15) is 0 Å². The molecule has 0 saturated carbocycles. The predicted octanol–water partition coefficient (Wildman–Crippen LogP) is 4.10. The molecule has 0 atom stereocenters. The van der Waals surface area contributed by atoms with E-state index in [1.54, 1.807) is 0 Å². The lowest BCUT2D eigenvalue weighted by molar-refractivity contribution is 0.160. The number of hydrogen-bond acceptors (Lipinski definition) is 3. The van der Waals surface area contributed by atoms with Gasteiger partial charge in [-0.05, 0) is 63.4 Å². The summed E-state index contributed by atoms with van der Waals surface area (Å²) < 4.78 is 6.03. The van der Waals surface area contributed by atoms with Gasteiger partial charge in [0.05, 0.1) is 13.1 Å². The third-order valence-electron chi connectivity index (χ3n) is 4.57. The lowest BCUT2D eigenvalue weighted by Gasteiger charge is -2.31. The van der Waals surface area contributed by atoms with Gasteiger partial charge in [-0.25, -0.2) is 0 Å². The molecule has 0 aliphatic carbocycles. The first-order valence-corrected chi connectivity index (χ1v) is 8.74. The Labute approximate surface area is 130 Å². The minimum absolute atomic E-state index is 0.859. The first-order valence-electron chi connectivity index (χ1n) is 8.74. The molecule has 3 nitrogen and oxygen atoms in total. The maximum atomic E-state index is 6.03. The van der Waals surface area contributed by atoms with E-state index in [4.69, 9.17) is 4.42 Å². The van der Waals surface area contributed by atoms with Crippen LogP contribution < -0.4 is 5.32 Å². The van der Waals surface area contributed by atoms with Crippen LogP contribution in [-0.4, -0.2) is 24.5 Å². The minimum Gasteiger partial charge on any atom is -0.463 e. The molecule has 1 aliphatic heterocycles. The van der Waals surface area contributed by atoms with Crippen molar-refractivity contribution in [3.05, 3.63) is 23.2 Å². The third kappa shape index (κ3) is 5.15. The second kappa shape index (κ2) is 8.60. The van der Waals surface area contributed by atoms with Crippen molar-refractivity contribution in [2.75, 3.05) is 19.6 Å². The monoisotopic (exact) mass is 292 g/mol. The van der Waals surface area contributed by atoms with Crippen LogP contribution in [0, 0.1) is 12.8 Å². The van der Waals surface area contributed by atoms with E-state index in [0.717, 1.165) is 37.1 Å². The van der Waals surface area contributed by atoms with E-state index in [-0.39, 0.29) is 0 Å². The Kier molecular flexibility index (Phi) is 6.78. The fourth-order valence-electron chi connectivity index (χ4n) is 3.28. The summed E-state index contributed by atoms with van der Waals surface area (Å²) in [5.74, 6) is 3.20. The van der Waals surface area contributed by atoms with Gasteiger partial charge in [-0.3, -0.25) is 4.90 Å². The van der Waals surface area contributed by atoms with Gasteiger partial charge in [0.2, 0.25) is 0 Å². The average molecular weight is 292 g/mol. The van der Waals surface area contributed by atoms with Crippen LogP contribution in [0.25, 0.3) is 0 Å². The second-order valence-corrected chi connectivity index (χ2v) is 6.50. The van der Waals surface area contributed by atoms with Gasteiger partial charge in [0.1, 0.15) is 11.5 Å². The largest absolute Gasteiger partial charge is 0.463 e. The number of furan rings is 1. The van der Waals surface area contributed by atoms with Crippen LogP contribution in [0.2, 0.25) is 0 Å². The minimum atomic E-state index is 0.859. The Hall–Kier alpha value is -0.800. The molecule has 21 heavy (non-hydrogen) atoms. The van der Waals surface area contributed by atoms with Gasteiger partial charge in [0, 0.05) is 0 Å². The quantitative estimate of drug-likeness (QED) is 0.731. The number of aryl methyl sites for hydroxylation is 1. The van der Waals surface area contributed by atoms with Crippen molar-refractivity contribution in [1.29, 1.82) is 0 Å². The molecule has 0 radical (unpaired) electrons. The Bertz CT molecular complexity index is 405. The van der Waals surface area contributed by atoms with Crippen LogP contribution in [0.3, 0.4) is 0 Å². The Morgan fingerprint density at radius 2 is 2.00 bits per heavy atom. The normalized spacial score (nSPS) is 17.5. The fourth-order valence-corrected chi connectivity index (χ4v) is 3.28. The molecular formula is C18H32N2O. The fraction of sp³-hybridized carbons (Fsp3) is 0.778. The lowest BCUT2D eigenvalue weighted by Crippen LogP contribution is -2.33. The lowest BCUT2D eigenvalue weighted by atomic mass is 9.92. The summed E-state index contributed by atoms with van der Waals surface area (Å²) in [6.45, 7) is 12.0. The molecule has 1 aromatic heterocycles. The molecular weight excluding hydrogens is 260 g/mol. The Morgan fingerprint density at radius 3 is 2.67 bits per heavy atom. The second-order valence-electron chi connectivity index (χ2n) is 6.50. The standard InChI is InChI=1S/C18H32N2O/c1-4-6-16-7-10-20(11-8-16)14-17-12-15(3)18(21-17)13-19-9-5-2/h12,16,19H,4-11,13-14H2,1-3H3. The smallest absolute Gasteiger partial charge is 0.120 e. The number of rotatable bonds is 8. The zero-order valence-electron chi connectivity index (χ0n) is 14.1. The van der Waals surface area contributed by atoms with Crippen LogP contribution in [0.5, 0.6) is 0 Å². The number of nitrogens with zero attached hydrogens (tertiary/aromatic N) is 1. The maximum absolute atomic E-state index is 6.03. The van der Waals surface area contributed by atoms with E-state index in [9.17, 15) is 0 Å². The first-order chi connectivity index (χ1) is 10.2. The van der Waals surface area contributed by atoms with Crippen molar-refractivity contribution in [1.82, 2.24) is 10.2 Å². The highest BCUT2D eigenvalue weighted by Crippen LogP contribution is 2.24. The van der Waals surface area contributed by atoms with Gasteiger partial charge in [-0.15, -0.1) is 0 Å². The van der Waals surface area contributed by atoms with Crippen molar-refractivity contribution in [3.8, 4) is 0 Å². The summed E-state index contributed by atoms with van der Waals surface area (Å²) in [6.07, 6.45) is 6.62. The molecule has 1 aromatic rings. The molecule has 0 amide bonds. The van der Waals surface area contributed by atoms with Crippen LogP contribution >= 0.6 is 0 Å². The maximum Gasteiger partial charge on any atom is 0.120 e. The number of likely N-dealkylation sites (tertiary alicyclic amines) is 1. The molecule has 1 aliphatic rings. The Morgan fingerprint density at radius 1 is 1.24 bits per heavy atom. The van der Waals surface area contributed by atoms with Gasteiger partial charge >= 0.3 is 0 Å². The number of hydrogen-bond donors (Lipinski definition) is 1. The topological polar surface area (TPSA) is 28.4 Å². The van der Waals surface area contributed by atoms with E-state index in [2.05, 4.69) is 37.1 Å². The van der Waals surface area contributed by atoms with Crippen LogP contribution in [0.1, 0.15) is 63.0 Å². The molecule has 1 N–H and O–H groups in total. The average Bonchev–Trinajstić information content (AvgIpc) is 2.82. The van der Waals surface area contributed by atoms with Crippen LogP contribution in [0.4, 0.5) is 0 Å². The van der Waals surface area contributed by atoms with Gasteiger partial charge in [0.25, 0.3) is 0 Å². The summed E-state index contributed by atoms with van der Waals surface area (Å²) in [5, 5.41) is 3.42. The molecule has 0 unspecified atom stereocenters. The Balaban J connectivity index is 1.79. The van der Waals surface area contributed by atoms with Crippen LogP contribution in [-0.2, 0) is 13.1 Å². The molecule has 120 valence electrons. The van der Waals surface area contributed by atoms with Crippen LogP contribution in [0.15, 0.2) is 10.5 Å². The van der Waals surface area contributed by atoms with Gasteiger partial charge in [-0.1, -0.05) is 26.7 Å². The highest BCUT2D eigenvalue weighted by Gasteiger charge is 2.19. The van der Waals surface area contributed by atoms with Crippen molar-refractivity contribution in [2.45, 2.75) is 66.0 Å². The van der Waals surface area contributed by atoms with E-state index in [0.29, 0.717) is 0 Å². The molecule has 2 heterocycles. The molecule has 0 bridgehead atoms. The van der Waals surface area contributed by atoms with E-state index < -0.39 is 0 Å². The molecule has 0 aromatic carbocycles. The predicted molar refractivity (Wildman–Crippen MR) is 88.4 cm³/mol. The molecule has 1 saturated heterocycles. The van der Waals surface area contributed by atoms with Crippen molar-refractivity contribution >= 4 is 0 Å². The van der Waals surface area contributed by atoms with Crippen molar-refractivity contribution in [2.24, 2.45) is 5.92 Å². The van der Waals surface area contributed by atoms with E-state index in [1.807, 2.05) is 0 Å². The third-order valence-corrected chi connectivity index (χ3v) is 4.57.